The second-order valence-corrected chi connectivity index (χ2v) is 9.30. The average Bonchev–Trinajstić information content (AvgIpc) is 3.39. The van der Waals surface area contributed by atoms with E-state index in [-0.39, 0.29) is 23.0 Å². The SMILES string of the molecule is C=CC(=O)Nc1cn(CCN(C)C)nc1-c1n[nH]c2c1CCC[C@H](c1c(F)c(OC)cc(OC)c1F)C2. The Morgan fingerprint density at radius 2 is 1.97 bits per heavy atom. The standard InChI is InChI=1S/C26H32F2N6O3/c1-6-21(35)29-18-14-34(11-10-33(2)3)32-26(18)25-16-9-7-8-15(12-17(16)30-31-25)22-23(27)19(36-4)13-20(37-5)24(22)28/h6,13-15H,1,7-12H2,2-5H3,(H,29,35)(H,30,31)/t15-/m0/s1. The lowest BCUT2D eigenvalue weighted by Gasteiger charge is -2.19. The van der Waals surface area contributed by atoms with Crippen molar-refractivity contribution in [2.24, 2.45) is 0 Å². The van der Waals surface area contributed by atoms with Crippen LogP contribution in [0.4, 0.5) is 14.5 Å². The van der Waals surface area contributed by atoms with Crippen LogP contribution in [0.1, 0.15) is 35.6 Å². The predicted molar refractivity (Wildman–Crippen MR) is 136 cm³/mol. The summed E-state index contributed by atoms with van der Waals surface area (Å²) in [5, 5.41) is 15.1. The summed E-state index contributed by atoms with van der Waals surface area (Å²) >= 11 is 0. The molecule has 0 saturated heterocycles. The number of hydrogen-bond donors (Lipinski definition) is 2. The molecule has 2 heterocycles. The zero-order valence-electron chi connectivity index (χ0n) is 21.5. The van der Waals surface area contributed by atoms with E-state index in [2.05, 4.69) is 22.1 Å². The molecule has 9 nitrogen and oxygen atoms in total. The second-order valence-electron chi connectivity index (χ2n) is 9.30. The van der Waals surface area contributed by atoms with Gasteiger partial charge in [0.05, 0.1) is 26.5 Å². The molecule has 0 saturated carbocycles. The van der Waals surface area contributed by atoms with Crippen molar-refractivity contribution in [1.82, 2.24) is 24.9 Å². The Labute approximate surface area is 214 Å². The lowest BCUT2D eigenvalue weighted by atomic mass is 9.90. The number of rotatable bonds is 9. The number of likely N-dealkylation sites (N-methyl/N-ethyl adjacent to an activating group) is 1. The number of aromatic nitrogens is 4. The Kier molecular flexibility index (Phi) is 7.91. The van der Waals surface area contributed by atoms with Crippen LogP contribution in [0, 0.1) is 11.6 Å². The zero-order valence-corrected chi connectivity index (χ0v) is 21.5. The normalized spacial score (nSPS) is 15.3. The molecule has 11 heteroatoms. The summed E-state index contributed by atoms with van der Waals surface area (Å²) in [4.78, 5) is 14.1. The fraction of sp³-hybridized carbons (Fsp3) is 0.423. The summed E-state index contributed by atoms with van der Waals surface area (Å²) in [5.74, 6) is -2.36. The van der Waals surface area contributed by atoms with Crippen molar-refractivity contribution in [3.05, 3.63) is 53.4 Å². The van der Waals surface area contributed by atoms with Gasteiger partial charge < -0.3 is 19.7 Å². The first-order chi connectivity index (χ1) is 17.8. The number of hydrogen-bond acceptors (Lipinski definition) is 6. The molecule has 0 aliphatic heterocycles. The van der Waals surface area contributed by atoms with E-state index in [1.165, 1.54) is 26.4 Å². The third-order valence-electron chi connectivity index (χ3n) is 6.60. The molecule has 0 spiro atoms. The van der Waals surface area contributed by atoms with E-state index in [1.54, 1.807) is 10.9 Å². The van der Waals surface area contributed by atoms with Gasteiger partial charge in [-0.15, -0.1) is 0 Å². The number of amides is 1. The summed E-state index contributed by atoms with van der Waals surface area (Å²) in [6.07, 6.45) is 5.20. The minimum absolute atomic E-state index is 0.0490. The Bertz CT molecular complexity index is 1270. The van der Waals surface area contributed by atoms with E-state index in [0.29, 0.717) is 49.3 Å². The van der Waals surface area contributed by atoms with E-state index in [0.717, 1.165) is 17.8 Å². The summed E-state index contributed by atoms with van der Waals surface area (Å²) in [6, 6.07) is 1.22. The zero-order chi connectivity index (χ0) is 26.7. The van der Waals surface area contributed by atoms with Gasteiger partial charge in [-0.25, -0.2) is 8.78 Å². The summed E-state index contributed by atoms with van der Waals surface area (Å²) < 4.78 is 42.5. The highest BCUT2D eigenvalue weighted by Crippen LogP contribution is 2.41. The number of fused-ring (bicyclic) bond motifs is 1. The molecule has 0 radical (unpaired) electrons. The molecule has 1 aliphatic carbocycles. The lowest BCUT2D eigenvalue weighted by Crippen LogP contribution is -2.18. The van der Waals surface area contributed by atoms with E-state index >= 15 is 8.78 Å². The molecule has 1 aromatic carbocycles. The van der Waals surface area contributed by atoms with Crippen molar-refractivity contribution in [2.45, 2.75) is 38.1 Å². The van der Waals surface area contributed by atoms with E-state index < -0.39 is 17.6 Å². The molecule has 3 aromatic rings. The van der Waals surface area contributed by atoms with Crippen LogP contribution in [0.2, 0.25) is 0 Å². The summed E-state index contributed by atoms with van der Waals surface area (Å²) in [7, 11) is 6.62. The third-order valence-corrected chi connectivity index (χ3v) is 6.60. The van der Waals surface area contributed by atoms with Crippen molar-refractivity contribution in [3.63, 3.8) is 0 Å². The monoisotopic (exact) mass is 514 g/mol. The fourth-order valence-electron chi connectivity index (χ4n) is 4.71. The van der Waals surface area contributed by atoms with Crippen LogP contribution in [0.15, 0.2) is 24.9 Å². The molecule has 1 atom stereocenters. The van der Waals surface area contributed by atoms with Crippen LogP contribution in [0.25, 0.3) is 11.4 Å². The topological polar surface area (TPSA) is 97.3 Å². The van der Waals surface area contributed by atoms with Gasteiger partial charge in [0.1, 0.15) is 11.4 Å². The molecular formula is C26H32F2N6O3. The van der Waals surface area contributed by atoms with Gasteiger partial charge in [-0.2, -0.15) is 10.2 Å². The molecule has 4 rings (SSSR count). The second kappa shape index (κ2) is 11.1. The average molecular weight is 515 g/mol. The molecular weight excluding hydrogens is 482 g/mol. The molecule has 1 amide bonds. The lowest BCUT2D eigenvalue weighted by molar-refractivity contribution is -0.111. The number of aromatic amines is 1. The van der Waals surface area contributed by atoms with Gasteiger partial charge in [-0.3, -0.25) is 14.6 Å². The maximum absolute atomic E-state index is 15.2. The largest absolute Gasteiger partial charge is 0.494 e. The van der Waals surface area contributed by atoms with Crippen molar-refractivity contribution in [3.8, 4) is 22.9 Å². The summed E-state index contributed by atoms with van der Waals surface area (Å²) in [5.41, 5.74) is 3.32. The van der Waals surface area contributed by atoms with Crippen molar-refractivity contribution >= 4 is 11.6 Å². The Hall–Kier alpha value is -3.73. The molecule has 198 valence electrons. The molecule has 1 aliphatic rings. The Morgan fingerprint density at radius 3 is 2.59 bits per heavy atom. The van der Waals surface area contributed by atoms with Gasteiger partial charge in [0, 0.05) is 35.6 Å². The number of nitrogens with one attached hydrogen (secondary N) is 2. The van der Waals surface area contributed by atoms with Crippen molar-refractivity contribution in [1.29, 1.82) is 0 Å². The van der Waals surface area contributed by atoms with Gasteiger partial charge in [-0.1, -0.05) is 6.58 Å². The van der Waals surface area contributed by atoms with Crippen LogP contribution >= 0.6 is 0 Å². The van der Waals surface area contributed by atoms with E-state index in [1.807, 2.05) is 19.0 Å². The minimum atomic E-state index is -0.719. The van der Waals surface area contributed by atoms with Gasteiger partial charge in [0.15, 0.2) is 23.1 Å². The van der Waals surface area contributed by atoms with Crippen LogP contribution in [-0.2, 0) is 24.2 Å². The maximum atomic E-state index is 15.2. The molecule has 37 heavy (non-hydrogen) atoms. The van der Waals surface area contributed by atoms with Crippen LogP contribution in [-0.4, -0.2) is 65.6 Å². The first-order valence-electron chi connectivity index (χ1n) is 12.1. The highest BCUT2D eigenvalue weighted by atomic mass is 19.1. The van der Waals surface area contributed by atoms with Crippen LogP contribution in [0.3, 0.4) is 0 Å². The number of carbonyl (C=O) groups excluding carboxylic acids is 1. The van der Waals surface area contributed by atoms with Gasteiger partial charge in [-0.05, 0) is 51.8 Å². The summed E-state index contributed by atoms with van der Waals surface area (Å²) in [6.45, 7) is 4.91. The van der Waals surface area contributed by atoms with Gasteiger partial charge in [0.2, 0.25) is 5.91 Å². The van der Waals surface area contributed by atoms with Crippen LogP contribution < -0.4 is 14.8 Å². The predicted octanol–water partition coefficient (Wildman–Crippen LogP) is 3.92. The number of halogens is 2. The number of methoxy groups -OCH3 is 2. The first kappa shape index (κ1) is 26.3. The third kappa shape index (κ3) is 5.36. The number of carbonyl (C=O) groups is 1. The molecule has 0 bridgehead atoms. The molecule has 0 fully saturated rings. The molecule has 0 unspecified atom stereocenters. The number of benzene rings is 1. The van der Waals surface area contributed by atoms with Gasteiger partial charge >= 0.3 is 0 Å². The number of nitrogens with zero attached hydrogens (tertiary/aromatic N) is 4. The number of H-pyrrole nitrogens is 1. The van der Waals surface area contributed by atoms with E-state index in [9.17, 15) is 4.79 Å². The Balaban J connectivity index is 1.72. The molecule has 2 aromatic heterocycles. The number of ether oxygens (including phenoxy) is 2. The first-order valence-corrected chi connectivity index (χ1v) is 12.1. The van der Waals surface area contributed by atoms with Crippen molar-refractivity contribution in [2.75, 3.05) is 40.2 Å². The Morgan fingerprint density at radius 1 is 1.27 bits per heavy atom. The number of anilines is 1. The highest BCUT2D eigenvalue weighted by molar-refractivity contribution is 6.01. The van der Waals surface area contributed by atoms with Crippen LogP contribution in [0.5, 0.6) is 11.5 Å². The quantitative estimate of drug-likeness (QED) is 0.332. The maximum Gasteiger partial charge on any atom is 0.247 e. The van der Waals surface area contributed by atoms with Crippen molar-refractivity contribution < 1.29 is 23.0 Å². The fourth-order valence-corrected chi connectivity index (χ4v) is 4.71. The van der Waals surface area contributed by atoms with E-state index in [4.69, 9.17) is 14.6 Å². The smallest absolute Gasteiger partial charge is 0.247 e. The minimum Gasteiger partial charge on any atom is -0.494 e. The molecule has 2 N–H and O–H groups in total. The van der Waals surface area contributed by atoms with Gasteiger partial charge in [0.25, 0.3) is 0 Å². The highest BCUT2D eigenvalue weighted by Gasteiger charge is 2.31.